The van der Waals surface area contributed by atoms with Crippen LogP contribution < -0.4 is 20.7 Å². The molecule has 0 atom stereocenters. The van der Waals surface area contributed by atoms with Crippen LogP contribution in [0.5, 0.6) is 5.75 Å². The second kappa shape index (κ2) is 10.2. The monoisotopic (exact) mass is 307 g/mol. The van der Waals surface area contributed by atoms with E-state index < -0.39 is 11.8 Å². The molecule has 0 aromatic heterocycles. The molecule has 7 heteroatoms. The summed E-state index contributed by atoms with van der Waals surface area (Å²) in [6, 6.07) is 8.90. The number of para-hydroxylation sites is 1. The smallest absolute Gasteiger partial charge is 0.258 e. The van der Waals surface area contributed by atoms with Gasteiger partial charge in [-0.3, -0.25) is 14.4 Å². The first-order chi connectivity index (χ1) is 10.6. The van der Waals surface area contributed by atoms with Gasteiger partial charge in [-0.1, -0.05) is 25.1 Å². The summed E-state index contributed by atoms with van der Waals surface area (Å²) < 4.78 is 5.23. The highest BCUT2D eigenvalue weighted by molar-refractivity contribution is 5.88. The summed E-state index contributed by atoms with van der Waals surface area (Å²) in [5.74, 6) is -0.516. The molecule has 0 fully saturated rings. The summed E-state index contributed by atoms with van der Waals surface area (Å²) >= 11 is 0. The normalized spacial score (nSPS) is 9.68. The zero-order valence-electron chi connectivity index (χ0n) is 12.6. The van der Waals surface area contributed by atoms with Crippen LogP contribution in [0.1, 0.15) is 13.3 Å². The zero-order valence-corrected chi connectivity index (χ0v) is 12.6. The first-order valence-electron chi connectivity index (χ1n) is 7.09. The molecule has 22 heavy (non-hydrogen) atoms. The average Bonchev–Trinajstić information content (AvgIpc) is 2.55. The van der Waals surface area contributed by atoms with E-state index in [0.29, 0.717) is 12.3 Å². The fourth-order valence-electron chi connectivity index (χ4n) is 1.46. The Morgan fingerprint density at radius 3 is 2.14 bits per heavy atom. The van der Waals surface area contributed by atoms with Gasteiger partial charge in [0.15, 0.2) is 6.61 Å². The molecule has 3 amide bonds. The number of nitrogens with one attached hydrogen (secondary N) is 3. The third kappa shape index (κ3) is 7.88. The quantitative estimate of drug-likeness (QED) is 0.590. The average molecular weight is 307 g/mol. The van der Waals surface area contributed by atoms with E-state index in [-0.39, 0.29) is 25.6 Å². The van der Waals surface area contributed by atoms with Crippen molar-refractivity contribution in [3.05, 3.63) is 30.3 Å². The number of carbonyl (C=O) groups excluding carboxylic acids is 3. The minimum Gasteiger partial charge on any atom is -0.484 e. The lowest BCUT2D eigenvalue weighted by molar-refractivity contribution is -0.128. The number of benzene rings is 1. The second-order valence-corrected chi connectivity index (χ2v) is 4.51. The summed E-state index contributed by atoms with van der Waals surface area (Å²) in [6.45, 7) is 2.04. The molecule has 0 aliphatic heterocycles. The van der Waals surface area contributed by atoms with Crippen molar-refractivity contribution >= 4 is 17.7 Å². The van der Waals surface area contributed by atoms with Gasteiger partial charge in [0.25, 0.3) is 5.91 Å². The van der Waals surface area contributed by atoms with E-state index in [4.69, 9.17) is 4.74 Å². The minimum absolute atomic E-state index is 0.102. The topological polar surface area (TPSA) is 96.5 Å². The molecule has 1 aromatic rings. The Hall–Kier alpha value is -2.57. The Morgan fingerprint density at radius 2 is 1.50 bits per heavy atom. The van der Waals surface area contributed by atoms with E-state index in [1.54, 1.807) is 24.3 Å². The van der Waals surface area contributed by atoms with Crippen molar-refractivity contribution in [3.8, 4) is 5.75 Å². The molecule has 0 heterocycles. The summed E-state index contributed by atoms with van der Waals surface area (Å²) in [4.78, 5) is 34.2. The molecular weight excluding hydrogens is 286 g/mol. The van der Waals surface area contributed by atoms with E-state index in [1.807, 2.05) is 13.0 Å². The van der Waals surface area contributed by atoms with Crippen LogP contribution in [-0.4, -0.2) is 44.0 Å². The van der Waals surface area contributed by atoms with Gasteiger partial charge in [-0.15, -0.1) is 0 Å². The van der Waals surface area contributed by atoms with E-state index in [9.17, 15) is 14.4 Å². The van der Waals surface area contributed by atoms with Crippen LogP contribution in [0.4, 0.5) is 0 Å². The first-order valence-corrected chi connectivity index (χ1v) is 7.09. The largest absolute Gasteiger partial charge is 0.484 e. The van der Waals surface area contributed by atoms with Gasteiger partial charge in [0, 0.05) is 6.54 Å². The van der Waals surface area contributed by atoms with Gasteiger partial charge in [0.2, 0.25) is 11.8 Å². The highest BCUT2D eigenvalue weighted by Gasteiger charge is 2.07. The van der Waals surface area contributed by atoms with Crippen molar-refractivity contribution in [2.45, 2.75) is 13.3 Å². The lowest BCUT2D eigenvalue weighted by Crippen LogP contribution is -2.43. The van der Waals surface area contributed by atoms with Gasteiger partial charge in [-0.2, -0.15) is 0 Å². The molecule has 0 spiro atoms. The third-order valence-electron chi connectivity index (χ3n) is 2.58. The van der Waals surface area contributed by atoms with Crippen molar-refractivity contribution in [2.24, 2.45) is 0 Å². The summed E-state index contributed by atoms with van der Waals surface area (Å²) in [7, 11) is 0. The van der Waals surface area contributed by atoms with E-state index >= 15 is 0 Å². The minimum atomic E-state index is -0.431. The Balaban J connectivity index is 2.12. The van der Waals surface area contributed by atoms with Crippen LogP contribution >= 0.6 is 0 Å². The highest BCUT2D eigenvalue weighted by Crippen LogP contribution is 2.07. The molecule has 0 bridgehead atoms. The standard InChI is InChI=1S/C15H21N3O4/c1-2-8-16-13(19)9-17-14(20)10-18-15(21)11-22-12-6-4-3-5-7-12/h3-7H,2,8-11H2,1H3,(H,16,19)(H,17,20)(H,18,21). The molecule has 0 saturated heterocycles. The van der Waals surface area contributed by atoms with Gasteiger partial charge in [-0.25, -0.2) is 0 Å². The Morgan fingerprint density at radius 1 is 0.909 bits per heavy atom. The van der Waals surface area contributed by atoms with Gasteiger partial charge in [-0.05, 0) is 18.6 Å². The molecule has 1 aromatic carbocycles. The fraction of sp³-hybridized carbons (Fsp3) is 0.400. The Labute approximate surface area is 129 Å². The number of rotatable bonds is 9. The van der Waals surface area contributed by atoms with E-state index in [2.05, 4.69) is 16.0 Å². The molecular formula is C15H21N3O4. The molecule has 1 rings (SSSR count). The van der Waals surface area contributed by atoms with Gasteiger partial charge in [0.05, 0.1) is 13.1 Å². The SMILES string of the molecule is CCCNC(=O)CNC(=O)CNC(=O)COc1ccccc1. The first kappa shape index (κ1) is 17.5. The van der Waals surface area contributed by atoms with Crippen molar-refractivity contribution in [1.29, 1.82) is 0 Å². The summed E-state index contributed by atoms with van der Waals surface area (Å²) in [5.41, 5.74) is 0. The lowest BCUT2D eigenvalue weighted by Gasteiger charge is -2.08. The Bertz CT molecular complexity index is 491. The van der Waals surface area contributed by atoms with Gasteiger partial charge >= 0.3 is 0 Å². The van der Waals surface area contributed by atoms with Crippen LogP contribution in [0.2, 0.25) is 0 Å². The predicted octanol–water partition coefficient (Wildman–Crippen LogP) is -0.176. The summed E-state index contributed by atoms with van der Waals surface area (Å²) in [5, 5.41) is 7.46. The van der Waals surface area contributed by atoms with Crippen molar-refractivity contribution in [3.63, 3.8) is 0 Å². The molecule has 0 unspecified atom stereocenters. The van der Waals surface area contributed by atoms with Gasteiger partial charge < -0.3 is 20.7 Å². The van der Waals surface area contributed by atoms with Crippen molar-refractivity contribution in [2.75, 3.05) is 26.2 Å². The molecule has 0 saturated carbocycles. The van der Waals surface area contributed by atoms with E-state index in [1.165, 1.54) is 0 Å². The lowest BCUT2D eigenvalue weighted by atomic mass is 10.3. The Kier molecular flexibility index (Phi) is 8.10. The molecule has 7 nitrogen and oxygen atoms in total. The molecule has 0 aliphatic rings. The maximum Gasteiger partial charge on any atom is 0.258 e. The number of carbonyl (C=O) groups is 3. The van der Waals surface area contributed by atoms with Crippen LogP contribution in [0.15, 0.2) is 30.3 Å². The molecule has 120 valence electrons. The number of hydrogen-bond acceptors (Lipinski definition) is 4. The fourth-order valence-corrected chi connectivity index (χ4v) is 1.46. The van der Waals surface area contributed by atoms with Crippen LogP contribution in [-0.2, 0) is 14.4 Å². The molecule has 3 N–H and O–H groups in total. The number of ether oxygens (including phenoxy) is 1. The molecule has 0 aliphatic carbocycles. The van der Waals surface area contributed by atoms with Crippen LogP contribution in [0.3, 0.4) is 0 Å². The number of hydrogen-bond donors (Lipinski definition) is 3. The zero-order chi connectivity index (χ0) is 16.2. The third-order valence-corrected chi connectivity index (χ3v) is 2.58. The highest BCUT2D eigenvalue weighted by atomic mass is 16.5. The second-order valence-electron chi connectivity index (χ2n) is 4.51. The maximum absolute atomic E-state index is 11.5. The molecule has 0 radical (unpaired) electrons. The van der Waals surface area contributed by atoms with Gasteiger partial charge in [0.1, 0.15) is 5.75 Å². The predicted molar refractivity (Wildman–Crippen MR) is 81.3 cm³/mol. The van der Waals surface area contributed by atoms with E-state index in [0.717, 1.165) is 6.42 Å². The van der Waals surface area contributed by atoms with Crippen LogP contribution in [0.25, 0.3) is 0 Å². The van der Waals surface area contributed by atoms with Crippen LogP contribution in [0, 0.1) is 0 Å². The number of amides is 3. The van der Waals surface area contributed by atoms with Crippen molar-refractivity contribution < 1.29 is 19.1 Å². The maximum atomic E-state index is 11.5. The summed E-state index contributed by atoms with van der Waals surface area (Å²) in [6.07, 6.45) is 0.831. The van der Waals surface area contributed by atoms with Crippen molar-refractivity contribution in [1.82, 2.24) is 16.0 Å².